The third-order valence-corrected chi connectivity index (χ3v) is 6.88. The van der Waals surface area contributed by atoms with Crippen LogP contribution in [0, 0.1) is 16.7 Å². The zero-order chi connectivity index (χ0) is 16.9. The zero-order valence-electron chi connectivity index (χ0n) is 14.5. The van der Waals surface area contributed by atoms with Crippen LogP contribution in [0.4, 0.5) is 0 Å². The Morgan fingerprint density at radius 3 is 2.71 bits per heavy atom. The SMILES string of the molecule is CC1(C)[C@@H]2CC[C@]1(C)[C@@H](NC(=O)c1ccc(-n3ccnc3)nc1)C2. The van der Waals surface area contributed by atoms with Gasteiger partial charge in [-0.25, -0.2) is 9.97 Å². The topological polar surface area (TPSA) is 59.8 Å². The van der Waals surface area contributed by atoms with Gasteiger partial charge in [-0.1, -0.05) is 20.8 Å². The first-order chi connectivity index (χ1) is 11.4. The number of fused-ring (bicyclic) bond motifs is 2. The number of hydrogen-bond donors (Lipinski definition) is 1. The van der Waals surface area contributed by atoms with E-state index in [0.29, 0.717) is 11.0 Å². The van der Waals surface area contributed by atoms with Gasteiger partial charge in [0.15, 0.2) is 0 Å². The molecule has 0 aromatic carbocycles. The first-order valence-corrected chi connectivity index (χ1v) is 8.67. The van der Waals surface area contributed by atoms with Gasteiger partial charge in [0.1, 0.15) is 12.1 Å². The summed E-state index contributed by atoms with van der Waals surface area (Å²) in [6.07, 6.45) is 10.5. The maximum absolute atomic E-state index is 12.7. The van der Waals surface area contributed by atoms with Crippen molar-refractivity contribution in [2.24, 2.45) is 16.7 Å². The summed E-state index contributed by atoms with van der Waals surface area (Å²) in [6, 6.07) is 3.94. The second-order valence-corrected chi connectivity index (χ2v) is 8.01. The number of rotatable bonds is 3. The molecular formula is C19H24N4O. The van der Waals surface area contributed by atoms with Gasteiger partial charge in [-0.15, -0.1) is 0 Å². The molecule has 2 aromatic rings. The number of imidazole rings is 1. The third kappa shape index (κ3) is 2.10. The first-order valence-electron chi connectivity index (χ1n) is 8.67. The fourth-order valence-electron chi connectivity index (χ4n) is 4.73. The van der Waals surface area contributed by atoms with E-state index in [-0.39, 0.29) is 17.4 Å². The molecule has 126 valence electrons. The number of hydrogen-bond acceptors (Lipinski definition) is 3. The van der Waals surface area contributed by atoms with E-state index in [1.807, 2.05) is 22.9 Å². The van der Waals surface area contributed by atoms with Crippen molar-refractivity contribution in [3.63, 3.8) is 0 Å². The number of carbonyl (C=O) groups excluding carboxylic acids is 1. The molecular weight excluding hydrogens is 300 g/mol. The number of aromatic nitrogens is 3. The molecule has 24 heavy (non-hydrogen) atoms. The van der Waals surface area contributed by atoms with E-state index in [2.05, 4.69) is 36.1 Å². The minimum Gasteiger partial charge on any atom is -0.349 e. The van der Waals surface area contributed by atoms with E-state index in [1.54, 1.807) is 18.7 Å². The molecule has 0 saturated heterocycles. The second-order valence-electron chi connectivity index (χ2n) is 8.01. The maximum Gasteiger partial charge on any atom is 0.253 e. The summed E-state index contributed by atoms with van der Waals surface area (Å²) in [4.78, 5) is 21.0. The molecule has 2 aromatic heterocycles. The van der Waals surface area contributed by atoms with E-state index in [0.717, 1.165) is 18.2 Å². The quantitative estimate of drug-likeness (QED) is 0.943. The molecule has 1 amide bonds. The van der Waals surface area contributed by atoms with Gasteiger partial charge < -0.3 is 5.32 Å². The molecule has 2 heterocycles. The largest absolute Gasteiger partial charge is 0.349 e. The van der Waals surface area contributed by atoms with Crippen LogP contribution in [-0.4, -0.2) is 26.5 Å². The Kier molecular flexibility index (Phi) is 3.31. The van der Waals surface area contributed by atoms with Gasteiger partial charge in [0.2, 0.25) is 0 Å². The normalized spacial score (nSPS) is 30.5. The number of nitrogens with one attached hydrogen (secondary N) is 1. The van der Waals surface area contributed by atoms with Crippen LogP contribution >= 0.6 is 0 Å². The number of amides is 1. The lowest BCUT2D eigenvalue weighted by Crippen LogP contribution is -2.46. The van der Waals surface area contributed by atoms with Crippen LogP contribution in [0.3, 0.4) is 0 Å². The summed E-state index contributed by atoms with van der Waals surface area (Å²) in [5.41, 5.74) is 1.11. The Labute approximate surface area is 142 Å². The van der Waals surface area contributed by atoms with E-state index in [1.165, 1.54) is 12.8 Å². The zero-order valence-corrected chi connectivity index (χ0v) is 14.5. The fourth-order valence-corrected chi connectivity index (χ4v) is 4.73. The molecule has 2 bridgehead atoms. The fraction of sp³-hybridized carbons (Fsp3) is 0.526. The van der Waals surface area contributed by atoms with Crippen molar-refractivity contribution in [3.8, 4) is 5.82 Å². The van der Waals surface area contributed by atoms with Crippen LogP contribution < -0.4 is 5.32 Å². The van der Waals surface area contributed by atoms with E-state index in [9.17, 15) is 4.79 Å². The van der Waals surface area contributed by atoms with E-state index in [4.69, 9.17) is 0 Å². The summed E-state index contributed by atoms with van der Waals surface area (Å²) < 4.78 is 1.82. The number of pyridine rings is 1. The van der Waals surface area contributed by atoms with Crippen molar-refractivity contribution < 1.29 is 4.79 Å². The van der Waals surface area contributed by atoms with E-state index >= 15 is 0 Å². The summed E-state index contributed by atoms with van der Waals surface area (Å²) in [5.74, 6) is 1.46. The average molecular weight is 324 g/mol. The lowest BCUT2D eigenvalue weighted by molar-refractivity contribution is 0.0826. The summed E-state index contributed by atoms with van der Waals surface area (Å²) in [6.45, 7) is 7.06. The van der Waals surface area contributed by atoms with Gasteiger partial charge in [-0.05, 0) is 48.1 Å². The molecule has 3 atom stereocenters. The number of nitrogens with zero attached hydrogens (tertiary/aromatic N) is 3. The highest BCUT2D eigenvalue weighted by Crippen LogP contribution is 2.65. The Hall–Kier alpha value is -2.17. The van der Waals surface area contributed by atoms with Crippen molar-refractivity contribution in [2.75, 3.05) is 0 Å². The van der Waals surface area contributed by atoms with Gasteiger partial charge >= 0.3 is 0 Å². The van der Waals surface area contributed by atoms with Crippen LogP contribution in [0.2, 0.25) is 0 Å². The second kappa shape index (κ2) is 5.16. The molecule has 0 unspecified atom stereocenters. The van der Waals surface area contributed by atoms with Crippen molar-refractivity contribution in [2.45, 2.75) is 46.1 Å². The van der Waals surface area contributed by atoms with Crippen molar-refractivity contribution in [1.29, 1.82) is 0 Å². The standard InChI is InChI=1S/C19H24N4O/c1-18(2)14-6-7-19(18,3)15(10-14)22-17(24)13-4-5-16(21-11-13)23-9-8-20-12-23/h4-5,8-9,11-12,14-15H,6-7,10H2,1-3H3,(H,22,24)/t14-,15+,19-/m1/s1. The summed E-state index contributed by atoms with van der Waals surface area (Å²) in [7, 11) is 0. The number of carbonyl (C=O) groups is 1. The van der Waals surface area contributed by atoms with Crippen molar-refractivity contribution >= 4 is 5.91 Å². The molecule has 2 saturated carbocycles. The molecule has 0 radical (unpaired) electrons. The summed E-state index contributed by atoms with van der Waals surface area (Å²) >= 11 is 0. The van der Waals surface area contributed by atoms with Gasteiger partial charge in [0.05, 0.1) is 5.56 Å². The Balaban J connectivity index is 1.49. The predicted molar refractivity (Wildman–Crippen MR) is 91.8 cm³/mol. The highest BCUT2D eigenvalue weighted by atomic mass is 16.1. The van der Waals surface area contributed by atoms with Crippen LogP contribution in [0.25, 0.3) is 5.82 Å². The molecule has 5 heteroatoms. The lowest BCUT2D eigenvalue weighted by atomic mass is 9.69. The molecule has 0 aliphatic heterocycles. The van der Waals surface area contributed by atoms with Gasteiger partial charge in [-0.2, -0.15) is 0 Å². The molecule has 2 aliphatic carbocycles. The van der Waals surface area contributed by atoms with Crippen molar-refractivity contribution in [3.05, 3.63) is 42.6 Å². The predicted octanol–water partition coefficient (Wildman–Crippen LogP) is 3.21. The molecule has 5 nitrogen and oxygen atoms in total. The average Bonchev–Trinajstić information content (AvgIpc) is 3.22. The molecule has 4 rings (SSSR count). The van der Waals surface area contributed by atoms with Gasteiger partial charge in [0.25, 0.3) is 5.91 Å². The molecule has 2 fully saturated rings. The first kappa shape index (κ1) is 15.4. The van der Waals surface area contributed by atoms with Crippen LogP contribution in [0.1, 0.15) is 50.4 Å². The van der Waals surface area contributed by atoms with Crippen LogP contribution in [0.15, 0.2) is 37.1 Å². The highest BCUT2D eigenvalue weighted by molar-refractivity contribution is 5.94. The monoisotopic (exact) mass is 324 g/mol. The Morgan fingerprint density at radius 1 is 1.33 bits per heavy atom. The minimum atomic E-state index is -0.0192. The summed E-state index contributed by atoms with van der Waals surface area (Å²) in [5, 5.41) is 3.28. The maximum atomic E-state index is 12.7. The van der Waals surface area contributed by atoms with E-state index < -0.39 is 0 Å². The Morgan fingerprint density at radius 2 is 2.17 bits per heavy atom. The minimum absolute atomic E-state index is 0.0192. The molecule has 2 aliphatic rings. The molecule has 1 N–H and O–H groups in total. The van der Waals surface area contributed by atoms with Crippen LogP contribution in [-0.2, 0) is 0 Å². The lowest BCUT2D eigenvalue weighted by Gasteiger charge is -2.39. The van der Waals surface area contributed by atoms with Gasteiger partial charge in [0, 0.05) is 24.6 Å². The van der Waals surface area contributed by atoms with Crippen molar-refractivity contribution in [1.82, 2.24) is 19.9 Å². The van der Waals surface area contributed by atoms with Gasteiger partial charge in [-0.3, -0.25) is 9.36 Å². The van der Waals surface area contributed by atoms with Crippen LogP contribution in [0.5, 0.6) is 0 Å². The highest BCUT2D eigenvalue weighted by Gasteiger charge is 2.61. The molecule has 0 spiro atoms. The Bertz CT molecular complexity index is 750. The third-order valence-electron chi connectivity index (χ3n) is 6.88. The smallest absolute Gasteiger partial charge is 0.253 e.